The van der Waals surface area contributed by atoms with Gasteiger partial charge in [0.25, 0.3) is 0 Å². The minimum atomic E-state index is -0.704. The molecule has 4 nitrogen and oxygen atoms in total. The van der Waals surface area contributed by atoms with Crippen LogP contribution in [-0.4, -0.2) is 28.8 Å². The van der Waals surface area contributed by atoms with E-state index in [1.807, 2.05) is 19.9 Å². The van der Waals surface area contributed by atoms with Crippen molar-refractivity contribution in [3.05, 3.63) is 68.7 Å². The van der Waals surface area contributed by atoms with E-state index in [-0.39, 0.29) is 30.8 Å². The van der Waals surface area contributed by atoms with E-state index in [1.165, 1.54) is 4.90 Å². The Morgan fingerprint density at radius 3 is 2.07 bits per heavy atom. The van der Waals surface area contributed by atoms with Gasteiger partial charge in [-0.15, -0.1) is 0 Å². The zero-order valence-electron chi connectivity index (χ0n) is 16.0. The standard InChI is InChI=1S/C21H23Cl3N2O2/c1-13(2)25-21(28)14(3)26(12-16-18(23)9-6-10-19(16)24)20(27)11-15-7-4-5-8-17(15)22/h4-10,13-14H,11-12H2,1-3H3,(H,25,28)/t14-/m0/s1. The third-order valence-corrected chi connectivity index (χ3v) is 5.36. The molecule has 0 aliphatic heterocycles. The fourth-order valence-electron chi connectivity index (χ4n) is 2.75. The van der Waals surface area contributed by atoms with Crippen molar-refractivity contribution in [1.82, 2.24) is 10.2 Å². The van der Waals surface area contributed by atoms with Crippen LogP contribution in [0, 0.1) is 0 Å². The lowest BCUT2D eigenvalue weighted by Crippen LogP contribution is -2.49. The van der Waals surface area contributed by atoms with Crippen LogP contribution in [0.2, 0.25) is 15.1 Å². The van der Waals surface area contributed by atoms with Gasteiger partial charge in [0, 0.05) is 33.2 Å². The largest absolute Gasteiger partial charge is 0.352 e. The molecule has 1 atom stereocenters. The monoisotopic (exact) mass is 440 g/mol. The van der Waals surface area contributed by atoms with Gasteiger partial charge in [0.2, 0.25) is 11.8 Å². The van der Waals surface area contributed by atoms with Gasteiger partial charge in [-0.25, -0.2) is 0 Å². The van der Waals surface area contributed by atoms with Crippen LogP contribution in [0.15, 0.2) is 42.5 Å². The lowest BCUT2D eigenvalue weighted by molar-refractivity contribution is -0.140. The first-order valence-corrected chi connectivity index (χ1v) is 10.1. The van der Waals surface area contributed by atoms with E-state index in [4.69, 9.17) is 34.8 Å². The summed E-state index contributed by atoms with van der Waals surface area (Å²) in [5.74, 6) is -0.485. The number of amides is 2. The van der Waals surface area contributed by atoms with Crippen molar-refractivity contribution >= 4 is 46.6 Å². The summed E-state index contributed by atoms with van der Waals surface area (Å²) in [6.07, 6.45) is 0.0705. The van der Waals surface area contributed by atoms with Gasteiger partial charge in [-0.2, -0.15) is 0 Å². The number of carbonyl (C=O) groups excluding carboxylic acids is 2. The molecular formula is C21H23Cl3N2O2. The number of nitrogens with one attached hydrogen (secondary N) is 1. The van der Waals surface area contributed by atoms with E-state index in [1.54, 1.807) is 43.3 Å². The maximum atomic E-state index is 13.1. The Morgan fingerprint density at radius 2 is 1.50 bits per heavy atom. The van der Waals surface area contributed by atoms with Gasteiger partial charge in [-0.1, -0.05) is 59.1 Å². The molecule has 0 aliphatic carbocycles. The number of halogens is 3. The van der Waals surface area contributed by atoms with E-state index in [9.17, 15) is 9.59 Å². The van der Waals surface area contributed by atoms with Gasteiger partial charge >= 0.3 is 0 Å². The van der Waals surface area contributed by atoms with Crippen LogP contribution in [-0.2, 0) is 22.6 Å². The quantitative estimate of drug-likeness (QED) is 0.647. The lowest BCUT2D eigenvalue weighted by Gasteiger charge is -2.30. The smallest absolute Gasteiger partial charge is 0.242 e. The van der Waals surface area contributed by atoms with E-state index in [0.29, 0.717) is 26.2 Å². The zero-order valence-corrected chi connectivity index (χ0v) is 18.3. The van der Waals surface area contributed by atoms with Crippen LogP contribution >= 0.6 is 34.8 Å². The van der Waals surface area contributed by atoms with E-state index < -0.39 is 6.04 Å². The summed E-state index contributed by atoms with van der Waals surface area (Å²) >= 11 is 18.8. The number of benzene rings is 2. The summed E-state index contributed by atoms with van der Waals surface area (Å²) in [5, 5.41) is 4.24. The summed E-state index contributed by atoms with van der Waals surface area (Å²) in [4.78, 5) is 27.2. The highest BCUT2D eigenvalue weighted by Gasteiger charge is 2.28. The van der Waals surface area contributed by atoms with Crippen molar-refractivity contribution in [3.63, 3.8) is 0 Å². The zero-order chi connectivity index (χ0) is 20.8. The van der Waals surface area contributed by atoms with E-state index in [0.717, 1.165) is 0 Å². The van der Waals surface area contributed by atoms with Crippen molar-refractivity contribution in [2.75, 3.05) is 0 Å². The van der Waals surface area contributed by atoms with E-state index in [2.05, 4.69) is 5.32 Å². The maximum absolute atomic E-state index is 13.1. The molecule has 0 aromatic heterocycles. The third kappa shape index (κ3) is 5.87. The maximum Gasteiger partial charge on any atom is 0.242 e. The number of hydrogen-bond donors (Lipinski definition) is 1. The predicted octanol–water partition coefficient (Wildman–Crippen LogP) is 5.13. The molecule has 2 aromatic rings. The Hall–Kier alpha value is -1.75. The van der Waals surface area contributed by atoms with Gasteiger partial charge in [0.15, 0.2) is 0 Å². The second-order valence-electron chi connectivity index (χ2n) is 6.83. The first-order valence-electron chi connectivity index (χ1n) is 8.96. The molecule has 0 saturated carbocycles. The van der Waals surface area contributed by atoms with Crippen LogP contribution < -0.4 is 5.32 Å². The fraction of sp³-hybridized carbons (Fsp3) is 0.333. The van der Waals surface area contributed by atoms with Gasteiger partial charge in [0.05, 0.1) is 6.42 Å². The normalized spacial score (nSPS) is 12.0. The second-order valence-corrected chi connectivity index (χ2v) is 8.05. The van der Waals surface area contributed by atoms with Crippen molar-refractivity contribution in [2.24, 2.45) is 0 Å². The first kappa shape index (κ1) is 22.5. The minimum absolute atomic E-state index is 0.0422. The van der Waals surface area contributed by atoms with Gasteiger partial charge in [-0.3, -0.25) is 9.59 Å². The second kappa shape index (κ2) is 10.1. The van der Waals surface area contributed by atoms with Crippen molar-refractivity contribution in [1.29, 1.82) is 0 Å². The molecule has 1 N–H and O–H groups in total. The molecule has 0 radical (unpaired) electrons. The van der Waals surface area contributed by atoms with Gasteiger partial charge in [0.1, 0.15) is 6.04 Å². The first-order chi connectivity index (χ1) is 13.2. The highest BCUT2D eigenvalue weighted by atomic mass is 35.5. The molecule has 0 heterocycles. The summed E-state index contributed by atoms with van der Waals surface area (Å²) in [6, 6.07) is 11.5. The molecule has 28 heavy (non-hydrogen) atoms. The average molecular weight is 442 g/mol. The van der Waals surface area contributed by atoms with Crippen LogP contribution in [0.1, 0.15) is 31.9 Å². The lowest BCUT2D eigenvalue weighted by atomic mass is 10.1. The van der Waals surface area contributed by atoms with Gasteiger partial charge in [-0.05, 0) is 44.5 Å². The summed E-state index contributed by atoms with van der Waals surface area (Å²) in [6.45, 7) is 5.54. The topological polar surface area (TPSA) is 49.4 Å². The number of hydrogen-bond acceptors (Lipinski definition) is 2. The number of rotatable bonds is 7. The van der Waals surface area contributed by atoms with Crippen LogP contribution in [0.3, 0.4) is 0 Å². The van der Waals surface area contributed by atoms with Crippen LogP contribution in [0.5, 0.6) is 0 Å². The average Bonchev–Trinajstić information content (AvgIpc) is 2.62. The minimum Gasteiger partial charge on any atom is -0.352 e. The molecule has 7 heteroatoms. The molecule has 0 aliphatic rings. The molecule has 0 spiro atoms. The highest BCUT2D eigenvalue weighted by molar-refractivity contribution is 6.36. The third-order valence-electron chi connectivity index (χ3n) is 4.29. The van der Waals surface area contributed by atoms with Crippen molar-refractivity contribution in [3.8, 4) is 0 Å². The van der Waals surface area contributed by atoms with Gasteiger partial charge < -0.3 is 10.2 Å². The Morgan fingerprint density at radius 1 is 0.929 bits per heavy atom. The molecule has 0 fully saturated rings. The Kier molecular flexibility index (Phi) is 8.17. The SMILES string of the molecule is CC(C)NC(=O)[C@H](C)N(Cc1c(Cl)cccc1Cl)C(=O)Cc1ccccc1Cl. The molecule has 0 unspecified atom stereocenters. The fourth-order valence-corrected chi connectivity index (χ4v) is 3.47. The molecule has 150 valence electrons. The Labute approximate surface area is 180 Å². The highest BCUT2D eigenvalue weighted by Crippen LogP contribution is 2.27. The summed E-state index contributed by atoms with van der Waals surface area (Å²) < 4.78 is 0. The molecule has 2 aromatic carbocycles. The Bertz CT molecular complexity index is 835. The summed E-state index contributed by atoms with van der Waals surface area (Å²) in [5.41, 5.74) is 1.29. The molecule has 0 saturated heterocycles. The number of carbonyl (C=O) groups is 2. The van der Waals surface area contributed by atoms with E-state index >= 15 is 0 Å². The molecular weight excluding hydrogens is 419 g/mol. The summed E-state index contributed by atoms with van der Waals surface area (Å²) in [7, 11) is 0. The van der Waals surface area contributed by atoms with Crippen molar-refractivity contribution in [2.45, 2.75) is 45.8 Å². The molecule has 2 amide bonds. The molecule has 0 bridgehead atoms. The van der Waals surface area contributed by atoms with Crippen molar-refractivity contribution < 1.29 is 9.59 Å². The van der Waals surface area contributed by atoms with Crippen LogP contribution in [0.25, 0.3) is 0 Å². The number of nitrogens with zero attached hydrogens (tertiary/aromatic N) is 1. The van der Waals surface area contributed by atoms with Crippen LogP contribution in [0.4, 0.5) is 0 Å². The predicted molar refractivity (Wildman–Crippen MR) is 115 cm³/mol. The molecule has 2 rings (SSSR count). The Balaban J connectivity index is 2.33.